The number of nitrogens with one attached hydrogen (secondary N) is 1. The highest BCUT2D eigenvalue weighted by molar-refractivity contribution is 7.09. The molecule has 0 radical (unpaired) electrons. The van der Waals surface area contributed by atoms with Crippen LogP contribution in [-0.4, -0.2) is 4.98 Å². The van der Waals surface area contributed by atoms with Crippen LogP contribution in [0.4, 0.5) is 0 Å². The predicted molar refractivity (Wildman–Crippen MR) is 69.2 cm³/mol. The van der Waals surface area contributed by atoms with Gasteiger partial charge in [0.05, 0.1) is 5.69 Å². The van der Waals surface area contributed by atoms with Gasteiger partial charge in [-0.3, -0.25) is 4.79 Å². The summed E-state index contributed by atoms with van der Waals surface area (Å²) in [6, 6.07) is 8.24. The summed E-state index contributed by atoms with van der Waals surface area (Å²) in [4.78, 5) is 15.5. The second kappa shape index (κ2) is 4.26. The van der Waals surface area contributed by atoms with Crippen LogP contribution in [0.5, 0.6) is 0 Å². The van der Waals surface area contributed by atoms with Crippen LogP contribution in [0, 0.1) is 6.92 Å². The Balaban J connectivity index is 2.55. The van der Waals surface area contributed by atoms with Gasteiger partial charge in [-0.1, -0.05) is 55.0 Å². The number of hydrogen-bond acceptors (Lipinski definition) is 2. The first-order valence-corrected chi connectivity index (χ1v) is 6.19. The zero-order chi connectivity index (χ0) is 11.7. The number of H-pyrrole nitrogens is 1. The van der Waals surface area contributed by atoms with E-state index in [4.69, 9.17) is 0 Å². The average Bonchev–Trinajstić information content (AvgIpc) is 2.61. The number of hydrogen-bond donors (Lipinski definition) is 1. The van der Waals surface area contributed by atoms with Crippen LogP contribution in [-0.2, 0) is 0 Å². The minimum atomic E-state index is 0.0271. The van der Waals surface area contributed by atoms with E-state index in [1.165, 1.54) is 16.9 Å². The topological polar surface area (TPSA) is 32.9 Å². The molecule has 0 fully saturated rings. The molecule has 0 atom stereocenters. The number of rotatable bonds is 2. The molecule has 0 spiro atoms. The van der Waals surface area contributed by atoms with Crippen LogP contribution >= 0.6 is 11.3 Å². The summed E-state index contributed by atoms with van der Waals surface area (Å²) < 4.78 is 0. The number of thiazole rings is 1. The van der Waals surface area contributed by atoms with Gasteiger partial charge in [0.25, 0.3) is 0 Å². The van der Waals surface area contributed by atoms with Gasteiger partial charge in [0.1, 0.15) is 0 Å². The second-order valence-electron chi connectivity index (χ2n) is 4.27. The summed E-state index contributed by atoms with van der Waals surface area (Å²) in [5, 5.41) is 0. The molecule has 1 heterocycles. The summed E-state index contributed by atoms with van der Waals surface area (Å²) >= 11 is 1.31. The Morgan fingerprint density at radius 2 is 1.81 bits per heavy atom. The molecule has 0 aliphatic rings. The summed E-state index contributed by atoms with van der Waals surface area (Å²) in [5.74, 6) is 0.375. The first-order valence-electron chi connectivity index (χ1n) is 5.38. The third-order valence-corrected chi connectivity index (χ3v) is 3.72. The summed E-state index contributed by atoms with van der Waals surface area (Å²) in [6.45, 7) is 6.27. The first-order chi connectivity index (χ1) is 7.58. The molecular weight excluding hydrogens is 218 g/mol. The van der Waals surface area contributed by atoms with E-state index in [1.807, 2.05) is 0 Å². The van der Waals surface area contributed by atoms with Crippen molar-refractivity contribution in [1.29, 1.82) is 0 Å². The lowest BCUT2D eigenvalue weighted by Gasteiger charge is -2.06. The third kappa shape index (κ3) is 2.09. The number of aromatic nitrogens is 1. The van der Waals surface area contributed by atoms with Crippen LogP contribution in [0.2, 0.25) is 0 Å². The zero-order valence-corrected chi connectivity index (χ0v) is 10.5. The van der Waals surface area contributed by atoms with Gasteiger partial charge in [0.15, 0.2) is 0 Å². The van der Waals surface area contributed by atoms with Gasteiger partial charge in [-0.2, -0.15) is 0 Å². The molecule has 0 saturated heterocycles. The fraction of sp³-hybridized carbons (Fsp3) is 0.308. The van der Waals surface area contributed by atoms with E-state index in [2.05, 4.69) is 50.0 Å². The SMILES string of the molecule is Cc1ccc(-c2[nH]c(=O)sc2C(C)C)cc1. The molecule has 2 aromatic rings. The summed E-state index contributed by atoms with van der Waals surface area (Å²) in [7, 11) is 0. The lowest BCUT2D eigenvalue weighted by Crippen LogP contribution is -1.92. The highest BCUT2D eigenvalue weighted by Gasteiger charge is 2.12. The van der Waals surface area contributed by atoms with Crippen LogP contribution in [0.25, 0.3) is 11.3 Å². The van der Waals surface area contributed by atoms with E-state index in [1.54, 1.807) is 0 Å². The van der Waals surface area contributed by atoms with E-state index < -0.39 is 0 Å². The van der Waals surface area contributed by atoms with Crippen molar-refractivity contribution in [1.82, 2.24) is 4.98 Å². The van der Waals surface area contributed by atoms with E-state index in [0.717, 1.165) is 16.1 Å². The molecule has 2 nitrogen and oxygen atoms in total. The van der Waals surface area contributed by atoms with Gasteiger partial charge >= 0.3 is 4.87 Å². The Morgan fingerprint density at radius 3 is 2.38 bits per heavy atom. The average molecular weight is 233 g/mol. The van der Waals surface area contributed by atoms with Crippen molar-refractivity contribution in [2.45, 2.75) is 26.7 Å². The Morgan fingerprint density at radius 1 is 1.19 bits per heavy atom. The van der Waals surface area contributed by atoms with Crippen LogP contribution in [0.15, 0.2) is 29.1 Å². The highest BCUT2D eigenvalue weighted by atomic mass is 32.1. The molecule has 1 aromatic carbocycles. The van der Waals surface area contributed by atoms with Crippen LogP contribution < -0.4 is 4.87 Å². The molecule has 16 heavy (non-hydrogen) atoms. The van der Waals surface area contributed by atoms with Crippen molar-refractivity contribution in [2.24, 2.45) is 0 Å². The normalized spacial score (nSPS) is 11.0. The molecule has 0 aliphatic carbocycles. The molecule has 0 saturated carbocycles. The number of benzene rings is 1. The van der Waals surface area contributed by atoms with Crippen molar-refractivity contribution in [3.8, 4) is 11.3 Å². The molecule has 2 rings (SSSR count). The van der Waals surface area contributed by atoms with Gasteiger partial charge in [0.2, 0.25) is 0 Å². The maximum absolute atomic E-state index is 11.4. The van der Waals surface area contributed by atoms with E-state index in [-0.39, 0.29) is 4.87 Å². The fourth-order valence-electron chi connectivity index (χ4n) is 1.68. The smallest absolute Gasteiger partial charge is 0.305 e. The van der Waals surface area contributed by atoms with E-state index in [0.29, 0.717) is 5.92 Å². The van der Waals surface area contributed by atoms with Crippen molar-refractivity contribution < 1.29 is 0 Å². The third-order valence-electron chi connectivity index (χ3n) is 2.54. The predicted octanol–water partition coefficient (Wildman–Crippen LogP) is 3.54. The maximum atomic E-state index is 11.4. The number of aromatic amines is 1. The van der Waals surface area contributed by atoms with Gasteiger partial charge < -0.3 is 4.98 Å². The van der Waals surface area contributed by atoms with Crippen molar-refractivity contribution in [3.63, 3.8) is 0 Å². The molecule has 1 N–H and O–H groups in total. The van der Waals surface area contributed by atoms with E-state index in [9.17, 15) is 4.79 Å². The molecule has 1 aromatic heterocycles. The van der Waals surface area contributed by atoms with Gasteiger partial charge in [-0.05, 0) is 18.4 Å². The molecule has 0 unspecified atom stereocenters. The summed E-state index contributed by atoms with van der Waals surface area (Å²) in [6.07, 6.45) is 0. The lowest BCUT2D eigenvalue weighted by atomic mass is 10.0. The van der Waals surface area contributed by atoms with Gasteiger partial charge in [0, 0.05) is 4.88 Å². The Bertz CT molecular complexity index is 534. The van der Waals surface area contributed by atoms with Crippen molar-refractivity contribution in [2.75, 3.05) is 0 Å². The maximum Gasteiger partial charge on any atom is 0.305 e. The molecule has 0 bridgehead atoms. The first kappa shape index (κ1) is 11.1. The lowest BCUT2D eigenvalue weighted by molar-refractivity contribution is 0.888. The molecular formula is C13H15NOS. The Kier molecular flexibility index (Phi) is 2.97. The van der Waals surface area contributed by atoms with Crippen LogP contribution in [0.1, 0.15) is 30.2 Å². The minimum Gasteiger partial charge on any atom is -0.312 e. The minimum absolute atomic E-state index is 0.0271. The van der Waals surface area contributed by atoms with Gasteiger partial charge in [-0.15, -0.1) is 0 Å². The van der Waals surface area contributed by atoms with Crippen molar-refractivity contribution in [3.05, 3.63) is 44.4 Å². The second-order valence-corrected chi connectivity index (χ2v) is 5.29. The molecule has 0 aliphatic heterocycles. The van der Waals surface area contributed by atoms with Gasteiger partial charge in [-0.25, -0.2) is 0 Å². The largest absolute Gasteiger partial charge is 0.312 e. The summed E-state index contributed by atoms with van der Waals surface area (Å²) in [5.41, 5.74) is 3.30. The standard InChI is InChI=1S/C13H15NOS/c1-8(2)12-11(14-13(15)16-12)10-6-4-9(3)5-7-10/h4-8H,1-3H3,(H,14,15). The zero-order valence-electron chi connectivity index (χ0n) is 9.70. The Hall–Kier alpha value is -1.35. The molecule has 3 heteroatoms. The number of aryl methyl sites for hydroxylation is 1. The monoisotopic (exact) mass is 233 g/mol. The molecule has 0 amide bonds. The quantitative estimate of drug-likeness (QED) is 0.845. The Labute approximate surface area is 99.0 Å². The molecule has 84 valence electrons. The fourth-order valence-corrected chi connectivity index (χ4v) is 2.54. The van der Waals surface area contributed by atoms with Crippen molar-refractivity contribution >= 4 is 11.3 Å². The van der Waals surface area contributed by atoms with Crippen LogP contribution in [0.3, 0.4) is 0 Å². The highest BCUT2D eigenvalue weighted by Crippen LogP contribution is 2.29. The van der Waals surface area contributed by atoms with E-state index >= 15 is 0 Å².